The molecule has 2 rings (SSSR count). The highest BCUT2D eigenvalue weighted by Gasteiger charge is 2.13. The Labute approximate surface area is 132 Å². The fraction of sp³-hybridized carbons (Fsp3) is 0.143. The van der Waals surface area contributed by atoms with Gasteiger partial charge in [-0.25, -0.2) is 13.1 Å². The van der Waals surface area contributed by atoms with Crippen LogP contribution in [0.15, 0.2) is 48.5 Å². The van der Waals surface area contributed by atoms with E-state index in [0.29, 0.717) is 10.6 Å². The lowest BCUT2D eigenvalue weighted by molar-refractivity contribution is -0.384. The van der Waals surface area contributed by atoms with E-state index in [4.69, 9.17) is 11.6 Å². The molecule has 0 spiro atoms. The summed E-state index contributed by atoms with van der Waals surface area (Å²) in [6.45, 7) is 0.135. The quantitative estimate of drug-likeness (QED) is 0.646. The molecule has 0 unspecified atom stereocenters. The second kappa shape index (κ2) is 6.87. The van der Waals surface area contributed by atoms with Crippen molar-refractivity contribution in [2.75, 3.05) is 0 Å². The summed E-state index contributed by atoms with van der Waals surface area (Å²) in [5, 5.41) is 11.1. The van der Waals surface area contributed by atoms with Crippen molar-refractivity contribution in [2.24, 2.45) is 0 Å². The van der Waals surface area contributed by atoms with E-state index >= 15 is 0 Å². The lowest BCUT2D eigenvalue weighted by atomic mass is 10.2. The molecule has 0 amide bonds. The number of rotatable bonds is 6. The molecule has 0 atom stereocenters. The van der Waals surface area contributed by atoms with Gasteiger partial charge in [-0.2, -0.15) is 0 Å². The van der Waals surface area contributed by atoms with Crippen molar-refractivity contribution in [1.29, 1.82) is 0 Å². The largest absolute Gasteiger partial charge is 0.269 e. The van der Waals surface area contributed by atoms with Gasteiger partial charge in [0.1, 0.15) is 0 Å². The van der Waals surface area contributed by atoms with E-state index in [9.17, 15) is 18.5 Å². The van der Waals surface area contributed by atoms with Gasteiger partial charge in [0.25, 0.3) is 5.69 Å². The lowest BCUT2D eigenvalue weighted by Crippen LogP contribution is -2.24. The van der Waals surface area contributed by atoms with Gasteiger partial charge < -0.3 is 0 Å². The molecular weight excluding hydrogens is 328 g/mol. The zero-order valence-corrected chi connectivity index (χ0v) is 13.0. The average Bonchev–Trinajstić information content (AvgIpc) is 2.45. The second-order valence-electron chi connectivity index (χ2n) is 4.63. The van der Waals surface area contributed by atoms with E-state index in [1.807, 2.05) is 0 Å². The summed E-state index contributed by atoms with van der Waals surface area (Å²) < 4.78 is 26.5. The Hall–Kier alpha value is -1.96. The summed E-state index contributed by atoms with van der Waals surface area (Å²) in [4.78, 5) is 10.0. The van der Waals surface area contributed by atoms with Crippen LogP contribution in [0.1, 0.15) is 11.1 Å². The smallest absolute Gasteiger partial charge is 0.258 e. The predicted molar refractivity (Wildman–Crippen MR) is 84.0 cm³/mol. The van der Waals surface area contributed by atoms with Crippen molar-refractivity contribution in [2.45, 2.75) is 12.3 Å². The maximum absolute atomic E-state index is 12.0. The summed E-state index contributed by atoms with van der Waals surface area (Å²) in [6, 6.07) is 12.3. The van der Waals surface area contributed by atoms with Crippen LogP contribution in [0.5, 0.6) is 0 Å². The van der Waals surface area contributed by atoms with E-state index in [1.165, 1.54) is 24.3 Å². The molecule has 0 aliphatic carbocycles. The Kier molecular flexibility index (Phi) is 5.12. The first kappa shape index (κ1) is 16.4. The number of benzene rings is 2. The van der Waals surface area contributed by atoms with Crippen LogP contribution in [0.3, 0.4) is 0 Å². The van der Waals surface area contributed by atoms with E-state index in [0.717, 1.165) is 5.56 Å². The van der Waals surface area contributed by atoms with Gasteiger partial charge >= 0.3 is 0 Å². The molecular formula is C14H13ClN2O4S. The third-order valence-corrected chi connectivity index (χ3v) is 4.42. The minimum Gasteiger partial charge on any atom is -0.258 e. The SMILES string of the molecule is O=[N+]([O-])c1ccc(CS(=O)(=O)NCc2cccc(Cl)c2)cc1. The molecule has 0 aromatic heterocycles. The van der Waals surface area contributed by atoms with E-state index in [2.05, 4.69) is 4.72 Å². The lowest BCUT2D eigenvalue weighted by Gasteiger charge is -2.07. The van der Waals surface area contributed by atoms with Crippen LogP contribution >= 0.6 is 11.6 Å². The molecule has 22 heavy (non-hydrogen) atoms. The standard InChI is InChI=1S/C14H13ClN2O4S/c15-13-3-1-2-12(8-13)9-16-22(20,21)10-11-4-6-14(7-5-11)17(18)19/h1-8,16H,9-10H2. The molecule has 2 aromatic carbocycles. The first-order valence-corrected chi connectivity index (χ1v) is 8.34. The van der Waals surface area contributed by atoms with Gasteiger partial charge in [0.15, 0.2) is 0 Å². The molecule has 8 heteroatoms. The Morgan fingerprint density at radius 2 is 1.77 bits per heavy atom. The second-order valence-corrected chi connectivity index (χ2v) is 6.88. The molecule has 0 radical (unpaired) electrons. The molecule has 0 aliphatic rings. The van der Waals surface area contributed by atoms with E-state index < -0.39 is 14.9 Å². The predicted octanol–water partition coefficient (Wildman–Crippen LogP) is 2.87. The topological polar surface area (TPSA) is 89.3 Å². The van der Waals surface area contributed by atoms with Gasteiger partial charge in [0, 0.05) is 23.7 Å². The normalized spacial score (nSPS) is 11.3. The van der Waals surface area contributed by atoms with Crippen molar-refractivity contribution in [3.8, 4) is 0 Å². The van der Waals surface area contributed by atoms with Crippen molar-refractivity contribution in [1.82, 2.24) is 4.72 Å². The molecule has 0 heterocycles. The van der Waals surface area contributed by atoms with E-state index in [1.54, 1.807) is 24.3 Å². The van der Waals surface area contributed by atoms with Crippen LogP contribution in [-0.4, -0.2) is 13.3 Å². The maximum atomic E-state index is 12.0. The van der Waals surface area contributed by atoms with Crippen LogP contribution in [0.4, 0.5) is 5.69 Å². The van der Waals surface area contributed by atoms with Gasteiger partial charge in [0.2, 0.25) is 10.0 Å². The number of nitrogens with one attached hydrogen (secondary N) is 1. The molecule has 0 saturated carbocycles. The minimum absolute atomic E-state index is 0.0759. The number of nitro benzene ring substituents is 1. The number of nitro groups is 1. The van der Waals surface area contributed by atoms with Crippen molar-refractivity contribution in [3.05, 3.63) is 74.8 Å². The first-order chi connectivity index (χ1) is 10.4. The van der Waals surface area contributed by atoms with Gasteiger partial charge in [0.05, 0.1) is 10.7 Å². The maximum Gasteiger partial charge on any atom is 0.269 e. The van der Waals surface area contributed by atoms with Crippen LogP contribution in [0.2, 0.25) is 5.02 Å². The summed E-state index contributed by atoms with van der Waals surface area (Å²) >= 11 is 5.83. The highest BCUT2D eigenvalue weighted by Crippen LogP contribution is 2.14. The summed E-state index contributed by atoms with van der Waals surface area (Å²) in [5.74, 6) is -0.244. The first-order valence-electron chi connectivity index (χ1n) is 6.31. The highest BCUT2D eigenvalue weighted by atomic mass is 35.5. The van der Waals surface area contributed by atoms with Crippen LogP contribution in [0.25, 0.3) is 0 Å². The minimum atomic E-state index is -3.54. The highest BCUT2D eigenvalue weighted by molar-refractivity contribution is 7.88. The van der Waals surface area contributed by atoms with Crippen LogP contribution < -0.4 is 4.72 Å². The summed E-state index contributed by atoms with van der Waals surface area (Å²) in [5.41, 5.74) is 1.15. The Morgan fingerprint density at radius 1 is 1.09 bits per heavy atom. The summed E-state index contributed by atoms with van der Waals surface area (Å²) in [6.07, 6.45) is 0. The fourth-order valence-corrected chi connectivity index (χ4v) is 3.16. The molecule has 0 fully saturated rings. The van der Waals surface area contributed by atoms with Gasteiger partial charge in [-0.15, -0.1) is 0 Å². The number of hydrogen-bond acceptors (Lipinski definition) is 4. The number of halogens is 1. The molecule has 0 bridgehead atoms. The molecule has 0 saturated heterocycles. The average molecular weight is 341 g/mol. The zero-order valence-electron chi connectivity index (χ0n) is 11.4. The number of nitrogens with zero attached hydrogens (tertiary/aromatic N) is 1. The molecule has 116 valence electrons. The van der Waals surface area contributed by atoms with Gasteiger partial charge in [-0.1, -0.05) is 35.9 Å². The fourth-order valence-electron chi connectivity index (χ4n) is 1.82. The van der Waals surface area contributed by atoms with Crippen molar-refractivity contribution < 1.29 is 13.3 Å². The summed E-state index contributed by atoms with van der Waals surface area (Å²) in [7, 11) is -3.54. The van der Waals surface area contributed by atoms with E-state index in [-0.39, 0.29) is 18.0 Å². The Bertz CT molecular complexity index is 776. The van der Waals surface area contributed by atoms with Gasteiger partial charge in [-0.3, -0.25) is 10.1 Å². The third kappa shape index (κ3) is 4.80. The molecule has 1 N–H and O–H groups in total. The van der Waals surface area contributed by atoms with Crippen LogP contribution in [-0.2, 0) is 22.3 Å². The molecule has 6 nitrogen and oxygen atoms in total. The van der Waals surface area contributed by atoms with Crippen molar-refractivity contribution in [3.63, 3.8) is 0 Å². The monoisotopic (exact) mass is 340 g/mol. The Balaban J connectivity index is 2.00. The van der Waals surface area contributed by atoms with Gasteiger partial charge in [-0.05, 0) is 23.3 Å². The third-order valence-electron chi connectivity index (χ3n) is 2.89. The molecule has 2 aromatic rings. The molecule has 0 aliphatic heterocycles. The zero-order chi connectivity index (χ0) is 16.2. The number of sulfonamides is 1. The number of hydrogen-bond donors (Lipinski definition) is 1. The Morgan fingerprint density at radius 3 is 2.36 bits per heavy atom. The van der Waals surface area contributed by atoms with Crippen molar-refractivity contribution >= 4 is 27.3 Å². The van der Waals surface area contributed by atoms with Crippen LogP contribution in [0, 0.1) is 10.1 Å². The number of non-ortho nitro benzene ring substituents is 1.